The van der Waals surface area contributed by atoms with E-state index in [1.54, 1.807) is 6.07 Å². The first-order valence-corrected chi connectivity index (χ1v) is 5.21. The summed E-state index contributed by atoms with van der Waals surface area (Å²) in [6.07, 6.45) is 0.900. The minimum Gasteiger partial charge on any atom is -0.313 e. The van der Waals surface area contributed by atoms with Crippen LogP contribution in [0.2, 0.25) is 0 Å². The van der Waals surface area contributed by atoms with Crippen LogP contribution in [0, 0.1) is 5.82 Å². The molecular weight excluding hydrogens is 177 g/mol. The Morgan fingerprint density at radius 3 is 2.29 bits per heavy atom. The molecule has 0 aliphatic heterocycles. The third kappa shape index (κ3) is 3.46. The van der Waals surface area contributed by atoms with Crippen LogP contribution in [0.3, 0.4) is 0 Å². The predicted molar refractivity (Wildman–Crippen MR) is 59.8 cm³/mol. The topological polar surface area (TPSA) is 12.0 Å². The summed E-state index contributed by atoms with van der Waals surface area (Å²) >= 11 is 0. The maximum absolute atomic E-state index is 13.2. The Bertz CT molecular complexity index is 244. The van der Waals surface area contributed by atoms with Gasteiger partial charge >= 0.3 is 0 Å². The van der Waals surface area contributed by atoms with Gasteiger partial charge in [0.05, 0.1) is 0 Å². The number of rotatable bonds is 3. The van der Waals surface area contributed by atoms with E-state index < -0.39 is 0 Å². The first-order chi connectivity index (χ1) is 6.79. The van der Waals surface area contributed by atoms with E-state index in [-0.39, 0.29) is 11.9 Å². The summed E-state index contributed by atoms with van der Waals surface area (Å²) in [5.41, 5.74) is 0.752. The van der Waals surface area contributed by atoms with E-state index in [1.165, 1.54) is 6.07 Å². The molecule has 1 N–H and O–H groups in total. The van der Waals surface area contributed by atoms with Gasteiger partial charge in [-0.3, -0.25) is 0 Å². The zero-order valence-electron chi connectivity index (χ0n) is 9.47. The third-order valence-corrected chi connectivity index (χ3v) is 2.04. The lowest BCUT2D eigenvalue weighted by Crippen LogP contribution is -2.16. The second-order valence-corrected chi connectivity index (χ2v) is 2.77. The van der Waals surface area contributed by atoms with Crippen LogP contribution < -0.4 is 5.32 Å². The molecule has 1 rings (SSSR count). The Morgan fingerprint density at radius 2 is 1.86 bits per heavy atom. The zero-order valence-corrected chi connectivity index (χ0v) is 9.47. The van der Waals surface area contributed by atoms with Gasteiger partial charge in [-0.2, -0.15) is 0 Å². The molecule has 0 saturated heterocycles. The SMILES string of the molecule is CC.CCC(NC)c1ccccc1F. The highest BCUT2D eigenvalue weighted by molar-refractivity contribution is 5.20. The normalized spacial score (nSPS) is 11.5. The van der Waals surface area contributed by atoms with Gasteiger partial charge in [-0.1, -0.05) is 39.0 Å². The maximum atomic E-state index is 13.2. The van der Waals surface area contributed by atoms with Crippen molar-refractivity contribution < 1.29 is 4.39 Å². The predicted octanol–water partition coefficient (Wildman–Crippen LogP) is 3.52. The van der Waals surface area contributed by atoms with Gasteiger partial charge in [-0.15, -0.1) is 0 Å². The van der Waals surface area contributed by atoms with Crippen molar-refractivity contribution >= 4 is 0 Å². The molecule has 0 heterocycles. The fraction of sp³-hybridized carbons (Fsp3) is 0.500. The molecule has 14 heavy (non-hydrogen) atoms. The Labute approximate surface area is 86.3 Å². The smallest absolute Gasteiger partial charge is 0.127 e. The molecule has 0 bridgehead atoms. The van der Waals surface area contributed by atoms with E-state index in [0.29, 0.717) is 0 Å². The highest BCUT2D eigenvalue weighted by Gasteiger charge is 2.09. The second kappa shape index (κ2) is 7.51. The van der Waals surface area contributed by atoms with Crippen LogP contribution >= 0.6 is 0 Å². The molecule has 1 nitrogen and oxygen atoms in total. The Hall–Kier alpha value is -0.890. The van der Waals surface area contributed by atoms with Gasteiger partial charge in [0, 0.05) is 11.6 Å². The fourth-order valence-corrected chi connectivity index (χ4v) is 1.34. The van der Waals surface area contributed by atoms with Crippen molar-refractivity contribution in [2.75, 3.05) is 7.05 Å². The number of halogens is 1. The standard InChI is InChI=1S/C10H14FN.C2H6/c1-3-10(12-2)8-6-4-5-7-9(8)11;1-2/h4-7,10,12H,3H2,1-2H3;1-2H3. The second-order valence-electron chi connectivity index (χ2n) is 2.77. The molecule has 1 aromatic rings. The maximum Gasteiger partial charge on any atom is 0.127 e. The summed E-state index contributed by atoms with van der Waals surface area (Å²) in [5, 5.41) is 3.07. The van der Waals surface area contributed by atoms with Crippen molar-refractivity contribution in [1.29, 1.82) is 0 Å². The third-order valence-electron chi connectivity index (χ3n) is 2.04. The van der Waals surface area contributed by atoms with Crippen molar-refractivity contribution in [3.05, 3.63) is 35.6 Å². The van der Waals surface area contributed by atoms with E-state index >= 15 is 0 Å². The number of nitrogens with one attached hydrogen (secondary N) is 1. The average molecular weight is 197 g/mol. The van der Waals surface area contributed by atoms with Crippen molar-refractivity contribution in [3.63, 3.8) is 0 Å². The molecule has 0 aliphatic carbocycles. The molecule has 1 aromatic carbocycles. The quantitative estimate of drug-likeness (QED) is 0.781. The van der Waals surface area contributed by atoms with Crippen molar-refractivity contribution in [2.45, 2.75) is 33.2 Å². The molecule has 0 fully saturated rings. The highest BCUT2D eigenvalue weighted by atomic mass is 19.1. The largest absolute Gasteiger partial charge is 0.313 e. The molecule has 0 aromatic heterocycles. The summed E-state index contributed by atoms with van der Waals surface area (Å²) in [5.74, 6) is -0.126. The molecule has 0 aliphatic rings. The lowest BCUT2D eigenvalue weighted by atomic mass is 10.0. The molecule has 1 unspecified atom stereocenters. The highest BCUT2D eigenvalue weighted by Crippen LogP contribution is 2.18. The summed E-state index contributed by atoms with van der Waals surface area (Å²) in [7, 11) is 1.85. The minimum absolute atomic E-state index is 0.126. The van der Waals surface area contributed by atoms with E-state index in [0.717, 1.165) is 12.0 Å². The summed E-state index contributed by atoms with van der Waals surface area (Å²) in [6.45, 7) is 6.04. The molecule has 0 radical (unpaired) electrons. The zero-order chi connectivity index (χ0) is 11.0. The number of hydrogen-bond acceptors (Lipinski definition) is 1. The van der Waals surface area contributed by atoms with E-state index in [2.05, 4.69) is 5.32 Å². The van der Waals surface area contributed by atoms with Crippen molar-refractivity contribution in [2.24, 2.45) is 0 Å². The average Bonchev–Trinajstić information content (AvgIpc) is 2.25. The lowest BCUT2D eigenvalue weighted by molar-refractivity contribution is 0.525. The molecule has 0 spiro atoms. The monoisotopic (exact) mass is 197 g/mol. The van der Waals surface area contributed by atoms with Crippen LogP contribution in [0.4, 0.5) is 4.39 Å². The molecule has 0 saturated carbocycles. The van der Waals surface area contributed by atoms with E-state index in [9.17, 15) is 4.39 Å². The summed E-state index contributed by atoms with van der Waals surface area (Å²) in [4.78, 5) is 0. The van der Waals surface area contributed by atoms with Crippen molar-refractivity contribution in [3.8, 4) is 0 Å². The van der Waals surface area contributed by atoms with Crippen LogP contribution in [0.5, 0.6) is 0 Å². The first kappa shape index (κ1) is 13.1. The minimum atomic E-state index is -0.126. The van der Waals surface area contributed by atoms with Gasteiger partial charge < -0.3 is 5.32 Å². The van der Waals surface area contributed by atoms with Crippen LogP contribution in [0.1, 0.15) is 38.8 Å². The molecule has 1 atom stereocenters. The Balaban J connectivity index is 0.000000791. The molecule has 80 valence electrons. The number of hydrogen-bond donors (Lipinski definition) is 1. The van der Waals surface area contributed by atoms with E-state index in [1.807, 2.05) is 40.0 Å². The van der Waals surface area contributed by atoms with E-state index in [4.69, 9.17) is 0 Å². The van der Waals surface area contributed by atoms with Crippen LogP contribution in [-0.4, -0.2) is 7.05 Å². The number of benzene rings is 1. The van der Waals surface area contributed by atoms with Gasteiger partial charge in [0.15, 0.2) is 0 Å². The van der Waals surface area contributed by atoms with Crippen molar-refractivity contribution in [1.82, 2.24) is 5.32 Å². The van der Waals surface area contributed by atoms with Gasteiger partial charge in [-0.05, 0) is 19.5 Å². The van der Waals surface area contributed by atoms with Crippen LogP contribution in [0.25, 0.3) is 0 Å². The van der Waals surface area contributed by atoms with Gasteiger partial charge in [-0.25, -0.2) is 4.39 Å². The molecule has 2 heteroatoms. The lowest BCUT2D eigenvalue weighted by Gasteiger charge is -2.14. The van der Waals surface area contributed by atoms with Gasteiger partial charge in [0.1, 0.15) is 5.82 Å². The van der Waals surface area contributed by atoms with Gasteiger partial charge in [0.2, 0.25) is 0 Å². The molecule has 0 amide bonds. The fourth-order valence-electron chi connectivity index (χ4n) is 1.34. The molecular formula is C12H20FN. The Kier molecular flexibility index (Phi) is 7.03. The first-order valence-electron chi connectivity index (χ1n) is 5.21. The summed E-state index contributed by atoms with van der Waals surface area (Å²) in [6, 6.07) is 7.01. The summed E-state index contributed by atoms with van der Waals surface area (Å²) < 4.78 is 13.2. The van der Waals surface area contributed by atoms with Gasteiger partial charge in [0.25, 0.3) is 0 Å². The van der Waals surface area contributed by atoms with Crippen LogP contribution in [-0.2, 0) is 0 Å². The van der Waals surface area contributed by atoms with Crippen LogP contribution in [0.15, 0.2) is 24.3 Å². The Morgan fingerprint density at radius 1 is 1.29 bits per heavy atom.